The molecule has 1 heterocycles. The SMILES string of the molecule is O=C(O)c1c[nH]cc1-c1ccc(-c2ccccc2)cc1. The molecule has 0 bridgehead atoms. The molecule has 0 atom stereocenters. The molecule has 0 radical (unpaired) electrons. The lowest BCUT2D eigenvalue weighted by atomic mass is 10.00. The van der Waals surface area contributed by atoms with Crippen LogP contribution in [0.1, 0.15) is 10.4 Å². The molecule has 3 rings (SSSR count). The summed E-state index contributed by atoms with van der Waals surface area (Å²) in [7, 11) is 0. The van der Waals surface area contributed by atoms with Crippen LogP contribution in [-0.4, -0.2) is 16.1 Å². The lowest BCUT2D eigenvalue weighted by molar-refractivity contribution is 0.0698. The molecule has 0 saturated carbocycles. The third-order valence-electron chi connectivity index (χ3n) is 3.28. The van der Waals surface area contributed by atoms with E-state index in [2.05, 4.69) is 4.98 Å². The van der Waals surface area contributed by atoms with Gasteiger partial charge in [-0.3, -0.25) is 0 Å². The first-order chi connectivity index (χ1) is 9.75. The van der Waals surface area contributed by atoms with E-state index in [-0.39, 0.29) is 5.56 Å². The predicted molar refractivity (Wildman–Crippen MR) is 78.6 cm³/mol. The van der Waals surface area contributed by atoms with Crippen molar-refractivity contribution in [3.05, 3.63) is 72.6 Å². The van der Waals surface area contributed by atoms with Crippen molar-refractivity contribution in [2.45, 2.75) is 0 Å². The first-order valence-corrected chi connectivity index (χ1v) is 6.31. The summed E-state index contributed by atoms with van der Waals surface area (Å²) in [6, 6.07) is 18.0. The second kappa shape index (κ2) is 5.05. The zero-order valence-corrected chi connectivity index (χ0v) is 10.7. The summed E-state index contributed by atoms with van der Waals surface area (Å²) in [6.45, 7) is 0. The topological polar surface area (TPSA) is 53.1 Å². The van der Waals surface area contributed by atoms with Crippen molar-refractivity contribution in [2.24, 2.45) is 0 Å². The molecule has 3 heteroatoms. The molecular weight excluding hydrogens is 250 g/mol. The average molecular weight is 263 g/mol. The summed E-state index contributed by atoms with van der Waals surface area (Å²) in [4.78, 5) is 14.0. The molecular formula is C17H13NO2. The molecule has 0 aliphatic rings. The lowest BCUT2D eigenvalue weighted by Crippen LogP contribution is -1.95. The van der Waals surface area contributed by atoms with E-state index >= 15 is 0 Å². The van der Waals surface area contributed by atoms with Crippen molar-refractivity contribution in [3.63, 3.8) is 0 Å². The van der Waals surface area contributed by atoms with E-state index in [1.54, 1.807) is 6.20 Å². The highest BCUT2D eigenvalue weighted by Crippen LogP contribution is 2.27. The largest absolute Gasteiger partial charge is 0.478 e. The van der Waals surface area contributed by atoms with Crippen molar-refractivity contribution < 1.29 is 9.90 Å². The summed E-state index contributed by atoms with van der Waals surface area (Å²) in [6.07, 6.45) is 3.21. The fourth-order valence-electron chi connectivity index (χ4n) is 2.25. The quantitative estimate of drug-likeness (QED) is 0.749. The molecule has 3 nitrogen and oxygen atoms in total. The van der Waals surface area contributed by atoms with Crippen molar-refractivity contribution in [3.8, 4) is 22.3 Å². The molecule has 0 aliphatic heterocycles. The van der Waals surface area contributed by atoms with Crippen molar-refractivity contribution in [2.75, 3.05) is 0 Å². The summed E-state index contributed by atoms with van der Waals surface area (Å²) < 4.78 is 0. The first kappa shape index (κ1) is 12.2. The number of hydrogen-bond donors (Lipinski definition) is 2. The van der Waals surface area contributed by atoms with E-state index in [4.69, 9.17) is 5.11 Å². The van der Waals surface area contributed by atoms with Gasteiger partial charge < -0.3 is 10.1 Å². The molecule has 0 amide bonds. The van der Waals surface area contributed by atoms with Gasteiger partial charge in [-0.2, -0.15) is 0 Å². The second-order valence-electron chi connectivity index (χ2n) is 4.53. The number of nitrogens with one attached hydrogen (secondary N) is 1. The Labute approximate surface area is 116 Å². The number of carboxylic acids is 1. The van der Waals surface area contributed by atoms with Gasteiger partial charge in [0.1, 0.15) is 0 Å². The first-order valence-electron chi connectivity index (χ1n) is 6.31. The summed E-state index contributed by atoms with van der Waals surface area (Å²) >= 11 is 0. The summed E-state index contributed by atoms with van der Waals surface area (Å²) in [5.41, 5.74) is 4.14. The van der Waals surface area contributed by atoms with Gasteiger partial charge in [-0.05, 0) is 16.7 Å². The minimum Gasteiger partial charge on any atom is -0.478 e. The Morgan fingerprint density at radius 2 is 1.40 bits per heavy atom. The Bertz CT molecular complexity index is 727. The summed E-state index contributed by atoms with van der Waals surface area (Å²) in [5.74, 6) is -0.923. The number of aromatic amines is 1. The molecule has 2 N–H and O–H groups in total. The van der Waals surface area contributed by atoms with Crippen LogP contribution in [0.2, 0.25) is 0 Å². The van der Waals surface area contributed by atoms with Crippen LogP contribution in [0.15, 0.2) is 67.0 Å². The molecule has 20 heavy (non-hydrogen) atoms. The maximum Gasteiger partial charge on any atom is 0.337 e. The predicted octanol–water partition coefficient (Wildman–Crippen LogP) is 4.05. The Balaban J connectivity index is 1.98. The minimum atomic E-state index is -0.923. The number of rotatable bonds is 3. The Morgan fingerprint density at radius 3 is 2.05 bits per heavy atom. The smallest absolute Gasteiger partial charge is 0.337 e. The molecule has 1 aromatic heterocycles. The van der Waals surface area contributed by atoms with Gasteiger partial charge in [0.05, 0.1) is 5.56 Å². The van der Waals surface area contributed by atoms with Crippen molar-refractivity contribution >= 4 is 5.97 Å². The van der Waals surface area contributed by atoms with Gasteiger partial charge >= 0.3 is 5.97 Å². The fourth-order valence-corrected chi connectivity index (χ4v) is 2.25. The van der Waals surface area contributed by atoms with E-state index in [0.29, 0.717) is 5.56 Å². The normalized spacial score (nSPS) is 10.4. The van der Waals surface area contributed by atoms with Crippen LogP contribution in [0, 0.1) is 0 Å². The third kappa shape index (κ3) is 2.21. The molecule has 0 fully saturated rings. The zero-order chi connectivity index (χ0) is 13.9. The third-order valence-corrected chi connectivity index (χ3v) is 3.28. The maximum atomic E-state index is 11.1. The number of aromatic carboxylic acids is 1. The van der Waals surface area contributed by atoms with E-state index in [0.717, 1.165) is 16.7 Å². The molecule has 0 spiro atoms. The van der Waals surface area contributed by atoms with Crippen LogP contribution < -0.4 is 0 Å². The molecule has 0 unspecified atom stereocenters. The number of aromatic nitrogens is 1. The van der Waals surface area contributed by atoms with Crippen LogP contribution >= 0.6 is 0 Å². The summed E-state index contributed by atoms with van der Waals surface area (Å²) in [5, 5.41) is 9.13. The van der Waals surface area contributed by atoms with Gasteiger partial charge in [-0.25, -0.2) is 4.79 Å². The van der Waals surface area contributed by atoms with Crippen LogP contribution in [0.5, 0.6) is 0 Å². The van der Waals surface area contributed by atoms with Crippen LogP contribution in [-0.2, 0) is 0 Å². The van der Waals surface area contributed by atoms with Crippen molar-refractivity contribution in [1.82, 2.24) is 4.98 Å². The number of benzene rings is 2. The second-order valence-corrected chi connectivity index (χ2v) is 4.53. The average Bonchev–Trinajstić information content (AvgIpc) is 2.98. The van der Waals surface area contributed by atoms with Gasteiger partial charge in [-0.15, -0.1) is 0 Å². The Morgan fingerprint density at radius 1 is 0.800 bits per heavy atom. The molecule has 3 aromatic rings. The highest BCUT2D eigenvalue weighted by atomic mass is 16.4. The highest BCUT2D eigenvalue weighted by molar-refractivity contribution is 5.96. The van der Waals surface area contributed by atoms with Crippen LogP contribution in [0.3, 0.4) is 0 Å². The monoisotopic (exact) mass is 263 g/mol. The molecule has 0 aliphatic carbocycles. The van der Waals surface area contributed by atoms with Gasteiger partial charge in [-0.1, -0.05) is 54.6 Å². The van der Waals surface area contributed by atoms with Gasteiger partial charge in [0.15, 0.2) is 0 Å². The Hall–Kier alpha value is -2.81. The van der Waals surface area contributed by atoms with Gasteiger partial charge in [0, 0.05) is 18.0 Å². The number of carbonyl (C=O) groups is 1. The van der Waals surface area contributed by atoms with E-state index in [9.17, 15) is 4.79 Å². The lowest BCUT2D eigenvalue weighted by Gasteiger charge is -2.04. The molecule has 0 saturated heterocycles. The van der Waals surface area contributed by atoms with Crippen LogP contribution in [0.4, 0.5) is 0 Å². The number of hydrogen-bond acceptors (Lipinski definition) is 1. The van der Waals surface area contributed by atoms with Crippen LogP contribution in [0.25, 0.3) is 22.3 Å². The van der Waals surface area contributed by atoms with Crippen molar-refractivity contribution in [1.29, 1.82) is 0 Å². The van der Waals surface area contributed by atoms with Gasteiger partial charge in [0.25, 0.3) is 0 Å². The van der Waals surface area contributed by atoms with E-state index in [1.807, 2.05) is 54.6 Å². The molecule has 98 valence electrons. The highest BCUT2D eigenvalue weighted by Gasteiger charge is 2.12. The fraction of sp³-hybridized carbons (Fsp3) is 0. The number of carboxylic acid groups (broad SMARTS) is 1. The standard InChI is InChI=1S/C17H13NO2/c19-17(20)16-11-18-10-15(16)14-8-6-13(7-9-14)12-4-2-1-3-5-12/h1-11,18H,(H,19,20). The number of H-pyrrole nitrogens is 1. The minimum absolute atomic E-state index is 0.289. The molecule has 2 aromatic carbocycles. The van der Waals surface area contributed by atoms with E-state index in [1.165, 1.54) is 6.20 Å². The Kier molecular flexibility index (Phi) is 3.09. The van der Waals surface area contributed by atoms with E-state index < -0.39 is 5.97 Å². The maximum absolute atomic E-state index is 11.1. The zero-order valence-electron chi connectivity index (χ0n) is 10.7. The van der Waals surface area contributed by atoms with Gasteiger partial charge in [0.2, 0.25) is 0 Å².